The topological polar surface area (TPSA) is 58.3 Å². The summed E-state index contributed by atoms with van der Waals surface area (Å²) in [5, 5.41) is 25.8. The first kappa shape index (κ1) is 31.1. The van der Waals surface area contributed by atoms with Gasteiger partial charge >= 0.3 is 0 Å². The van der Waals surface area contributed by atoms with E-state index in [2.05, 4.69) is 35.8 Å². The second-order valence-electron chi connectivity index (χ2n) is 12.2. The van der Waals surface area contributed by atoms with E-state index in [4.69, 9.17) is 52.1 Å². The van der Waals surface area contributed by atoms with Crippen molar-refractivity contribution in [2.24, 2.45) is 0 Å². The first-order valence-electron chi connectivity index (χ1n) is 15.8. The minimum Gasteiger partial charge on any atom is -0.505 e. The number of aromatic hydroxyl groups is 2. The Balaban J connectivity index is 1.49. The second-order valence-corrected chi connectivity index (χ2v) is 12.2. The third-order valence-corrected chi connectivity index (χ3v) is 9.56. The lowest BCUT2D eigenvalue weighted by atomic mass is 9.61. The fraction of sp³-hybridized carbons (Fsp3) is 0.0513. The van der Waals surface area contributed by atoms with Crippen LogP contribution in [0.1, 0.15) is 12.7 Å². The number of benzene rings is 7. The zero-order valence-corrected chi connectivity index (χ0v) is 26.6. The van der Waals surface area contributed by atoms with Gasteiger partial charge < -0.3 is 10.2 Å². The van der Waals surface area contributed by atoms with Crippen molar-refractivity contribution in [3.05, 3.63) is 96.8 Å². The number of para-hydroxylation sites is 2. The molecule has 218 valence electrons. The van der Waals surface area contributed by atoms with E-state index in [1.54, 1.807) is 0 Å². The molecule has 49 heavy (non-hydrogen) atoms. The van der Waals surface area contributed by atoms with E-state index in [1.165, 1.54) is 0 Å². The molecule has 10 heteroatoms. The lowest BCUT2D eigenvalue weighted by Crippen LogP contribution is -2.48. The number of phenolic OH excluding ortho intramolecular Hbond substituents is 2. The number of rotatable bonds is 4. The molecule has 0 fully saturated rings. The first-order chi connectivity index (χ1) is 23.6. The summed E-state index contributed by atoms with van der Waals surface area (Å²) in [6, 6.07) is 29.7. The van der Waals surface area contributed by atoms with Crippen LogP contribution >= 0.6 is 0 Å². The molecule has 0 unspecified atom stereocenters. The molecule has 4 nitrogen and oxygen atoms in total. The monoisotopic (exact) mass is 616 g/mol. The van der Waals surface area contributed by atoms with Gasteiger partial charge in [0.25, 0.3) is 0 Å². The second kappa shape index (κ2) is 11.4. The summed E-state index contributed by atoms with van der Waals surface area (Å²) < 4.78 is 2.18. The van der Waals surface area contributed by atoms with Gasteiger partial charge in [-0.2, -0.15) is 0 Å². The van der Waals surface area contributed by atoms with Crippen molar-refractivity contribution in [3.63, 3.8) is 0 Å². The maximum absolute atomic E-state index is 11.1. The molecule has 12 radical (unpaired) electrons. The van der Waals surface area contributed by atoms with Gasteiger partial charge in [-0.05, 0) is 95.8 Å². The quantitative estimate of drug-likeness (QED) is 0.182. The van der Waals surface area contributed by atoms with E-state index in [-0.39, 0.29) is 32.8 Å². The summed E-state index contributed by atoms with van der Waals surface area (Å²) in [5.74, 6) is -0.106. The number of aryl methyl sites for hydroxylation is 1. The Hall–Kier alpha value is -5.22. The van der Waals surface area contributed by atoms with Crippen molar-refractivity contribution in [1.29, 1.82) is 0 Å². The van der Waals surface area contributed by atoms with E-state index >= 15 is 0 Å². The molecule has 0 bridgehead atoms. The predicted octanol–water partition coefficient (Wildman–Crippen LogP) is 2.56. The molecule has 8 aromatic rings. The summed E-state index contributed by atoms with van der Waals surface area (Å²) in [4.78, 5) is 4.85. The predicted molar refractivity (Wildman–Crippen MR) is 209 cm³/mol. The van der Waals surface area contributed by atoms with Crippen LogP contribution in [0.4, 0.5) is 0 Å². The average molecular weight is 615 g/mol. The van der Waals surface area contributed by atoms with E-state index in [9.17, 15) is 10.2 Å². The standard InChI is InChI=1S/C39H22B6N2O2/c1-2-25-46-23-10-6-7-11-24(23)47(25)22-15-14-19-16-21(13-12-20(19)17-22)27-29-28(32(40)36(44)37(45)33(29)41)26(18-8-4-3-5-9-18)30-31(27)35(43)39(49)38(48)34(30)42/h3-17,48-49H,2H2,1H3. The Morgan fingerprint density at radius 1 is 0.551 bits per heavy atom. The van der Waals surface area contributed by atoms with E-state index in [0.29, 0.717) is 38.2 Å². The number of hydrogen-bond donors (Lipinski definition) is 2. The lowest BCUT2D eigenvalue weighted by molar-refractivity contribution is 0.410. The van der Waals surface area contributed by atoms with Gasteiger partial charge in [0.1, 0.15) is 64.4 Å². The van der Waals surface area contributed by atoms with Crippen LogP contribution in [-0.2, 0) is 6.42 Å². The van der Waals surface area contributed by atoms with Crippen molar-refractivity contribution in [3.8, 4) is 39.4 Å². The fourth-order valence-corrected chi connectivity index (χ4v) is 7.19. The summed E-state index contributed by atoms with van der Waals surface area (Å²) in [6.07, 6.45) is 0.774. The van der Waals surface area contributed by atoms with E-state index < -0.39 is 11.5 Å². The summed E-state index contributed by atoms with van der Waals surface area (Å²) in [7, 11) is 39.9. The molecule has 0 atom stereocenters. The number of nitrogens with zero attached hydrogens (tertiary/aromatic N) is 2. The van der Waals surface area contributed by atoms with Crippen LogP contribution in [0.2, 0.25) is 0 Å². The van der Waals surface area contributed by atoms with Crippen molar-refractivity contribution >= 4 is 123 Å². The molecule has 1 aromatic heterocycles. The van der Waals surface area contributed by atoms with Gasteiger partial charge in [-0.15, -0.1) is 10.9 Å². The molecular weight excluding hydrogens is 593 g/mol. The highest BCUT2D eigenvalue weighted by molar-refractivity contribution is 6.68. The van der Waals surface area contributed by atoms with Crippen molar-refractivity contribution in [2.75, 3.05) is 0 Å². The number of aromatic nitrogens is 2. The van der Waals surface area contributed by atoms with E-state index in [0.717, 1.165) is 45.3 Å². The molecule has 2 N–H and O–H groups in total. The van der Waals surface area contributed by atoms with E-state index in [1.807, 2.05) is 66.7 Å². The fourth-order valence-electron chi connectivity index (χ4n) is 7.19. The summed E-state index contributed by atoms with van der Waals surface area (Å²) in [6.45, 7) is 2.09. The van der Waals surface area contributed by atoms with Crippen LogP contribution in [0.3, 0.4) is 0 Å². The van der Waals surface area contributed by atoms with Crippen LogP contribution in [0.25, 0.3) is 71.3 Å². The lowest BCUT2D eigenvalue weighted by Gasteiger charge is -2.27. The minimum atomic E-state index is -0.538. The Bertz CT molecular complexity index is 2610. The maximum atomic E-state index is 11.1. The molecule has 0 saturated heterocycles. The zero-order chi connectivity index (χ0) is 34.3. The molecule has 0 aliphatic rings. The van der Waals surface area contributed by atoms with Crippen LogP contribution in [0.15, 0.2) is 91.0 Å². The normalized spacial score (nSPS) is 11.7. The van der Waals surface area contributed by atoms with Gasteiger partial charge in [0.15, 0.2) is 0 Å². The minimum absolute atomic E-state index is 0.0678. The third kappa shape index (κ3) is 4.50. The molecule has 0 amide bonds. The van der Waals surface area contributed by atoms with Crippen molar-refractivity contribution < 1.29 is 10.2 Å². The van der Waals surface area contributed by atoms with Gasteiger partial charge in [0.05, 0.1) is 11.0 Å². The van der Waals surface area contributed by atoms with Crippen LogP contribution < -0.4 is 32.8 Å². The van der Waals surface area contributed by atoms with Gasteiger partial charge in [-0.3, -0.25) is 4.57 Å². The molecule has 1 heterocycles. The van der Waals surface area contributed by atoms with Gasteiger partial charge in [-0.1, -0.05) is 78.5 Å². The highest BCUT2D eigenvalue weighted by atomic mass is 16.3. The van der Waals surface area contributed by atoms with Gasteiger partial charge in [0, 0.05) is 12.1 Å². The van der Waals surface area contributed by atoms with Crippen LogP contribution in [0.5, 0.6) is 11.5 Å². The Morgan fingerprint density at radius 2 is 1.08 bits per heavy atom. The van der Waals surface area contributed by atoms with Crippen molar-refractivity contribution in [1.82, 2.24) is 9.55 Å². The average Bonchev–Trinajstić information content (AvgIpc) is 3.52. The largest absolute Gasteiger partial charge is 0.505 e. The van der Waals surface area contributed by atoms with Crippen LogP contribution in [-0.4, -0.2) is 66.8 Å². The van der Waals surface area contributed by atoms with Gasteiger partial charge in [0.2, 0.25) is 0 Å². The number of hydrogen-bond acceptors (Lipinski definition) is 3. The zero-order valence-electron chi connectivity index (χ0n) is 26.6. The number of fused-ring (bicyclic) bond motifs is 4. The molecule has 0 spiro atoms. The molecule has 0 aliphatic carbocycles. The molecule has 0 saturated carbocycles. The highest BCUT2D eigenvalue weighted by Crippen LogP contribution is 2.43. The Kier molecular flexibility index (Phi) is 7.26. The maximum Gasteiger partial charge on any atom is 0.150 e. The molecular formula is C39H22B6N2O2. The van der Waals surface area contributed by atoms with Gasteiger partial charge in [-0.25, -0.2) is 4.98 Å². The summed E-state index contributed by atoms with van der Waals surface area (Å²) in [5.41, 5.74) is 6.03. The third-order valence-electron chi connectivity index (χ3n) is 9.56. The number of imidazole rings is 1. The van der Waals surface area contributed by atoms with Crippen LogP contribution in [0, 0.1) is 0 Å². The first-order valence-corrected chi connectivity index (χ1v) is 15.8. The Labute approximate surface area is 291 Å². The molecule has 0 aliphatic heterocycles. The summed E-state index contributed by atoms with van der Waals surface area (Å²) >= 11 is 0. The van der Waals surface area contributed by atoms with Crippen molar-refractivity contribution in [2.45, 2.75) is 13.3 Å². The Morgan fingerprint density at radius 3 is 1.71 bits per heavy atom. The molecule has 7 aromatic carbocycles. The SMILES string of the molecule is [B]c1c([B])c([B])c2c(-c3ccc4cc(-n5c(CC)nc6ccccc65)ccc4c3)c3c([B])c(O)c(O)c([B])c3c(-c3ccccc3)c2c1[B]. The highest BCUT2D eigenvalue weighted by Gasteiger charge is 2.26. The molecule has 8 rings (SSSR count). The smallest absolute Gasteiger partial charge is 0.150 e. The number of phenols is 2.